The van der Waals surface area contributed by atoms with Crippen LogP contribution >= 0.6 is 11.3 Å². The van der Waals surface area contributed by atoms with Crippen LogP contribution in [0.4, 0.5) is 23.0 Å². The van der Waals surface area contributed by atoms with Crippen molar-refractivity contribution in [2.75, 3.05) is 48.8 Å². The van der Waals surface area contributed by atoms with E-state index in [9.17, 15) is 0 Å². The van der Waals surface area contributed by atoms with E-state index in [2.05, 4.69) is 73.6 Å². The Bertz CT molecular complexity index is 949. The van der Waals surface area contributed by atoms with E-state index in [4.69, 9.17) is 4.98 Å². The molecule has 0 radical (unpaired) electrons. The van der Waals surface area contributed by atoms with E-state index in [0.29, 0.717) is 12.0 Å². The lowest BCUT2D eigenvalue weighted by atomic mass is 10.1. The van der Waals surface area contributed by atoms with Crippen LogP contribution in [0.1, 0.15) is 17.3 Å². The van der Waals surface area contributed by atoms with E-state index in [1.165, 1.54) is 11.3 Å². The minimum absolute atomic E-state index is 0.298. The van der Waals surface area contributed by atoms with Gasteiger partial charge in [0.05, 0.1) is 23.6 Å². The van der Waals surface area contributed by atoms with Crippen molar-refractivity contribution in [2.45, 2.75) is 12.5 Å². The van der Waals surface area contributed by atoms with E-state index < -0.39 is 0 Å². The van der Waals surface area contributed by atoms with Crippen molar-refractivity contribution >= 4 is 34.3 Å². The van der Waals surface area contributed by atoms with E-state index >= 15 is 0 Å². The summed E-state index contributed by atoms with van der Waals surface area (Å²) in [5.41, 5.74) is 5.70. The molecular weight excluding hydrogens is 368 g/mol. The van der Waals surface area contributed by atoms with Crippen LogP contribution in [0.15, 0.2) is 47.3 Å². The normalized spacial score (nSPS) is 19.3. The molecule has 1 atom stereocenters. The largest absolute Gasteiger partial charge is 0.375 e. The van der Waals surface area contributed by atoms with Gasteiger partial charge in [-0.1, -0.05) is 6.07 Å². The highest BCUT2D eigenvalue weighted by molar-refractivity contribution is 7.08. The summed E-state index contributed by atoms with van der Waals surface area (Å²) in [6, 6.07) is 11.0. The van der Waals surface area contributed by atoms with Crippen LogP contribution in [0, 0.1) is 0 Å². The number of nitrogens with zero attached hydrogens (tertiary/aromatic N) is 4. The Morgan fingerprint density at radius 3 is 2.89 bits per heavy atom. The number of piperazine rings is 1. The molecular formula is C21H24N6S. The average molecular weight is 393 g/mol. The maximum Gasteiger partial charge on any atom is 0.227 e. The van der Waals surface area contributed by atoms with Gasteiger partial charge in [-0.15, -0.1) is 0 Å². The summed E-state index contributed by atoms with van der Waals surface area (Å²) in [5.74, 6) is 0.655. The number of aromatic nitrogens is 2. The lowest BCUT2D eigenvalue weighted by Gasteiger charge is -2.34. The first kappa shape index (κ1) is 17.5. The molecule has 1 aromatic carbocycles. The topological polar surface area (TPSA) is 56.3 Å². The molecule has 0 spiro atoms. The van der Waals surface area contributed by atoms with Crippen LogP contribution in [-0.4, -0.2) is 48.1 Å². The van der Waals surface area contributed by atoms with E-state index in [1.54, 1.807) is 11.3 Å². The van der Waals surface area contributed by atoms with Gasteiger partial charge < -0.3 is 20.4 Å². The number of hydrogen-bond donors (Lipinski definition) is 2. The molecule has 2 aliphatic rings. The number of likely N-dealkylation sites (N-methyl/N-ethyl adjacent to an activating group) is 1. The Morgan fingerprint density at radius 1 is 1.18 bits per heavy atom. The van der Waals surface area contributed by atoms with Crippen molar-refractivity contribution in [3.05, 3.63) is 58.5 Å². The zero-order valence-electron chi connectivity index (χ0n) is 15.9. The predicted molar refractivity (Wildman–Crippen MR) is 116 cm³/mol. The molecule has 144 valence electrons. The second kappa shape index (κ2) is 7.41. The highest BCUT2D eigenvalue weighted by atomic mass is 32.1. The van der Waals surface area contributed by atoms with Gasteiger partial charge in [-0.3, -0.25) is 0 Å². The second-order valence-electron chi connectivity index (χ2n) is 7.48. The minimum atomic E-state index is 0.298. The molecule has 0 amide bonds. The molecule has 1 saturated heterocycles. The highest BCUT2D eigenvalue weighted by Gasteiger charge is 2.24. The number of anilines is 4. The summed E-state index contributed by atoms with van der Waals surface area (Å²) >= 11 is 1.73. The van der Waals surface area contributed by atoms with E-state index in [1.807, 2.05) is 6.20 Å². The molecule has 4 heterocycles. The van der Waals surface area contributed by atoms with Crippen LogP contribution in [0.2, 0.25) is 0 Å². The zero-order valence-corrected chi connectivity index (χ0v) is 16.7. The van der Waals surface area contributed by atoms with E-state index in [-0.39, 0.29) is 0 Å². The first-order chi connectivity index (χ1) is 13.7. The molecule has 2 N–H and O–H groups in total. The van der Waals surface area contributed by atoms with E-state index in [0.717, 1.165) is 49.7 Å². The number of nitrogens with one attached hydrogen (secondary N) is 2. The Labute approximate surface area is 169 Å². The third-order valence-corrected chi connectivity index (χ3v) is 6.21. The second-order valence-corrected chi connectivity index (χ2v) is 8.26. The van der Waals surface area contributed by atoms with Crippen molar-refractivity contribution in [1.82, 2.24) is 14.9 Å². The molecule has 7 heteroatoms. The zero-order chi connectivity index (χ0) is 18.9. The maximum absolute atomic E-state index is 4.76. The SMILES string of the molecule is CN1CCN(c2cccc(Nc3ncc4c(n3)CC(c3ccsc3)N4)c2)CC1. The van der Waals surface area contributed by atoms with Crippen LogP contribution in [-0.2, 0) is 6.42 Å². The summed E-state index contributed by atoms with van der Waals surface area (Å²) in [7, 11) is 2.18. The summed E-state index contributed by atoms with van der Waals surface area (Å²) in [6.07, 6.45) is 2.78. The number of rotatable bonds is 4. The van der Waals surface area contributed by atoms with Gasteiger partial charge in [-0.2, -0.15) is 11.3 Å². The Kier molecular flexibility index (Phi) is 4.62. The van der Waals surface area contributed by atoms with Gasteiger partial charge in [0, 0.05) is 44.0 Å². The van der Waals surface area contributed by atoms with Gasteiger partial charge in [0.25, 0.3) is 0 Å². The summed E-state index contributed by atoms with van der Waals surface area (Å²) in [6.45, 7) is 4.32. The summed E-state index contributed by atoms with van der Waals surface area (Å²) < 4.78 is 0. The Balaban J connectivity index is 1.30. The molecule has 28 heavy (non-hydrogen) atoms. The molecule has 0 aliphatic carbocycles. The number of fused-ring (bicyclic) bond motifs is 1. The van der Waals surface area contributed by atoms with Crippen molar-refractivity contribution in [3.8, 4) is 0 Å². The lowest BCUT2D eigenvalue weighted by molar-refractivity contribution is 0.313. The lowest BCUT2D eigenvalue weighted by Crippen LogP contribution is -2.44. The monoisotopic (exact) mass is 392 g/mol. The fraction of sp³-hybridized carbons (Fsp3) is 0.333. The summed E-state index contributed by atoms with van der Waals surface area (Å²) in [5, 5.41) is 11.2. The molecule has 2 aliphatic heterocycles. The third kappa shape index (κ3) is 3.55. The van der Waals surface area contributed by atoms with Gasteiger partial charge in [0.2, 0.25) is 5.95 Å². The Hall–Kier alpha value is -2.64. The molecule has 0 saturated carbocycles. The Morgan fingerprint density at radius 2 is 2.07 bits per heavy atom. The number of hydrogen-bond acceptors (Lipinski definition) is 7. The average Bonchev–Trinajstić information content (AvgIpc) is 3.38. The standard InChI is InChI=1S/C21H24N6S/c1-26-6-8-27(9-7-26)17-4-2-3-16(11-17)23-21-22-13-20-19(25-21)12-18(24-20)15-5-10-28-14-15/h2-5,10-11,13-14,18,24H,6-9,12H2,1H3,(H,22,23,25). The number of benzene rings is 1. The highest BCUT2D eigenvalue weighted by Crippen LogP contribution is 2.34. The predicted octanol–water partition coefficient (Wildman–Crippen LogP) is 3.74. The fourth-order valence-corrected chi connectivity index (χ4v) is 4.55. The maximum atomic E-state index is 4.76. The fourth-order valence-electron chi connectivity index (χ4n) is 3.83. The molecule has 3 aromatic rings. The van der Waals surface area contributed by atoms with Crippen molar-refractivity contribution in [1.29, 1.82) is 0 Å². The number of thiophene rings is 1. The van der Waals surface area contributed by atoms with Crippen LogP contribution in [0.25, 0.3) is 0 Å². The molecule has 0 bridgehead atoms. The molecule has 2 aromatic heterocycles. The van der Waals surface area contributed by atoms with Crippen molar-refractivity contribution in [3.63, 3.8) is 0 Å². The first-order valence-electron chi connectivity index (χ1n) is 9.70. The van der Waals surface area contributed by atoms with Gasteiger partial charge in [0.15, 0.2) is 0 Å². The van der Waals surface area contributed by atoms with Crippen LogP contribution in [0.3, 0.4) is 0 Å². The quantitative estimate of drug-likeness (QED) is 0.705. The smallest absolute Gasteiger partial charge is 0.227 e. The van der Waals surface area contributed by atoms with Crippen molar-refractivity contribution < 1.29 is 0 Å². The first-order valence-corrected chi connectivity index (χ1v) is 10.6. The molecule has 1 unspecified atom stereocenters. The molecule has 1 fully saturated rings. The summed E-state index contributed by atoms with van der Waals surface area (Å²) in [4.78, 5) is 14.1. The van der Waals surface area contributed by atoms with Gasteiger partial charge >= 0.3 is 0 Å². The van der Waals surface area contributed by atoms with Crippen LogP contribution in [0.5, 0.6) is 0 Å². The third-order valence-electron chi connectivity index (χ3n) is 5.51. The van der Waals surface area contributed by atoms with Gasteiger partial charge in [0.1, 0.15) is 0 Å². The molecule has 6 nitrogen and oxygen atoms in total. The minimum Gasteiger partial charge on any atom is -0.375 e. The van der Waals surface area contributed by atoms with Gasteiger partial charge in [-0.25, -0.2) is 9.97 Å². The molecule has 5 rings (SSSR count). The van der Waals surface area contributed by atoms with Crippen LogP contribution < -0.4 is 15.5 Å². The van der Waals surface area contributed by atoms with Gasteiger partial charge in [-0.05, 0) is 47.6 Å². The van der Waals surface area contributed by atoms with Crippen molar-refractivity contribution in [2.24, 2.45) is 0 Å².